The topological polar surface area (TPSA) is 144 Å². The van der Waals surface area contributed by atoms with Crippen molar-refractivity contribution in [2.45, 2.75) is 55.0 Å². The summed E-state index contributed by atoms with van der Waals surface area (Å²) < 4.78 is 45.2. The van der Waals surface area contributed by atoms with E-state index in [9.17, 15) is 22.8 Å². The maximum Gasteiger partial charge on any atom is 0.389 e. The fourth-order valence-electron chi connectivity index (χ4n) is 3.55. The van der Waals surface area contributed by atoms with Crippen LogP contribution in [0.15, 0.2) is 5.03 Å². The monoisotopic (exact) mass is 487 g/mol. The number of aliphatic carboxylic acids is 2. The van der Waals surface area contributed by atoms with Crippen LogP contribution in [0.4, 0.5) is 13.2 Å². The van der Waals surface area contributed by atoms with Gasteiger partial charge in [-0.05, 0) is 37.5 Å². The number of carboxylic acid groups (broad SMARTS) is 2. The van der Waals surface area contributed by atoms with Crippen molar-refractivity contribution in [2.24, 2.45) is 5.92 Å². The number of fused-ring (bicyclic) bond motifs is 2. The van der Waals surface area contributed by atoms with Crippen molar-refractivity contribution < 1.29 is 43.2 Å². The molecule has 0 amide bonds. The molecular weight excluding hydrogens is 463 g/mol. The quantitative estimate of drug-likeness (QED) is 0.316. The molecule has 2 aliphatic rings. The molecule has 14 heteroatoms. The van der Waals surface area contributed by atoms with Gasteiger partial charge in [-0.2, -0.15) is 21.9 Å². The van der Waals surface area contributed by atoms with Crippen LogP contribution in [0.5, 0.6) is 0 Å². The van der Waals surface area contributed by atoms with Crippen LogP contribution in [0.25, 0.3) is 0 Å². The van der Waals surface area contributed by atoms with E-state index in [1.165, 1.54) is 42.9 Å². The summed E-state index contributed by atoms with van der Waals surface area (Å²) in [7, 11) is 0. The van der Waals surface area contributed by atoms with E-state index in [1.54, 1.807) is 0 Å². The second kappa shape index (κ2) is 11.4. The summed E-state index contributed by atoms with van der Waals surface area (Å²) in [5.74, 6) is -2.00. The van der Waals surface area contributed by atoms with E-state index < -0.39 is 36.7 Å². The molecule has 2 aliphatic heterocycles. The van der Waals surface area contributed by atoms with Crippen LogP contribution in [0, 0.1) is 5.92 Å². The number of hydrogen-bond acceptors (Lipinski definition) is 9. The minimum Gasteiger partial charge on any atom is -0.479 e. The summed E-state index contributed by atoms with van der Waals surface area (Å²) >= 11 is 2.62. The number of nitrogens with zero attached hydrogens (tertiary/aromatic N) is 3. The van der Waals surface area contributed by atoms with Crippen molar-refractivity contribution in [3.05, 3.63) is 5.69 Å². The summed E-state index contributed by atoms with van der Waals surface area (Å²) in [5, 5.41) is 33.4. The number of carboxylic acids is 2. The Bertz CT molecular complexity index is 733. The SMILES string of the molecule is FC(F)(F)CCCSc1nsnc1[C@@H]1CN2CCC[C@H]1C2.O=C(O)[C@H](O)[C@@H](O)C(=O)O. The Morgan fingerprint density at radius 1 is 1.16 bits per heavy atom. The van der Waals surface area contributed by atoms with Crippen LogP contribution in [0.1, 0.15) is 37.3 Å². The van der Waals surface area contributed by atoms with E-state index in [1.807, 2.05) is 0 Å². The molecule has 1 aromatic rings. The fourth-order valence-corrected chi connectivity index (χ4v) is 5.26. The summed E-state index contributed by atoms with van der Waals surface area (Å²) in [5.41, 5.74) is 1.03. The Kier molecular flexibility index (Phi) is 9.48. The summed E-state index contributed by atoms with van der Waals surface area (Å²) in [6.07, 6.45) is -6.68. The standard InChI is InChI=1S/C13H18F3N3S2.C4H6O6/c14-13(15,16)4-2-6-20-12-11(17-21-18-12)10-8-19-5-1-3-9(10)7-19;5-1(3(7)8)2(6)4(9)10/h9-10H,1-8H2;1-2,5-6H,(H,7,8)(H,9,10)/t9-,10+;1-,2-/m01/s1. The van der Waals surface area contributed by atoms with Gasteiger partial charge in [-0.25, -0.2) is 9.59 Å². The average molecular weight is 488 g/mol. The molecule has 0 saturated carbocycles. The predicted octanol–water partition coefficient (Wildman–Crippen LogP) is 1.66. The molecule has 0 aromatic carbocycles. The van der Waals surface area contributed by atoms with Crippen LogP contribution in [-0.2, 0) is 9.59 Å². The number of carbonyl (C=O) groups is 2. The van der Waals surface area contributed by atoms with Gasteiger partial charge in [0.25, 0.3) is 0 Å². The molecule has 9 nitrogen and oxygen atoms in total. The molecule has 3 heterocycles. The van der Waals surface area contributed by atoms with E-state index in [2.05, 4.69) is 13.6 Å². The smallest absolute Gasteiger partial charge is 0.389 e. The largest absolute Gasteiger partial charge is 0.479 e. The van der Waals surface area contributed by atoms with Crippen LogP contribution in [0.3, 0.4) is 0 Å². The van der Waals surface area contributed by atoms with Crippen LogP contribution in [-0.4, -0.2) is 89.8 Å². The van der Waals surface area contributed by atoms with E-state index in [4.69, 9.17) is 20.4 Å². The maximum atomic E-state index is 12.2. The van der Waals surface area contributed by atoms with Gasteiger partial charge in [-0.1, -0.05) is 0 Å². The number of piperidine rings is 1. The lowest BCUT2D eigenvalue weighted by molar-refractivity contribution is -0.165. The summed E-state index contributed by atoms with van der Waals surface area (Å²) in [6, 6.07) is 0. The minimum atomic E-state index is -4.06. The molecule has 176 valence electrons. The van der Waals surface area contributed by atoms with E-state index in [0.717, 1.165) is 23.8 Å². The highest BCUT2D eigenvalue weighted by atomic mass is 32.2. The molecule has 2 saturated heterocycles. The van der Waals surface area contributed by atoms with Crippen molar-refractivity contribution in [3.63, 3.8) is 0 Å². The number of rotatable bonds is 8. The lowest BCUT2D eigenvalue weighted by Crippen LogP contribution is -2.39. The molecule has 3 rings (SSSR count). The van der Waals surface area contributed by atoms with Crippen molar-refractivity contribution in [1.29, 1.82) is 0 Å². The first kappa shape index (κ1) is 25.8. The molecule has 0 spiro atoms. The molecule has 1 aromatic heterocycles. The summed E-state index contributed by atoms with van der Waals surface area (Å²) in [6.45, 7) is 3.34. The van der Waals surface area contributed by atoms with Crippen molar-refractivity contribution >= 4 is 35.4 Å². The molecular formula is C17H24F3N3O6S2. The van der Waals surface area contributed by atoms with Crippen molar-refractivity contribution in [3.8, 4) is 0 Å². The molecule has 0 aliphatic carbocycles. The third-order valence-electron chi connectivity index (χ3n) is 5.05. The normalized spacial score (nSPS) is 24.7. The van der Waals surface area contributed by atoms with Gasteiger partial charge in [0.15, 0.2) is 12.2 Å². The van der Waals surface area contributed by atoms with Gasteiger partial charge in [-0.15, -0.1) is 11.8 Å². The molecule has 5 atom stereocenters. The summed E-state index contributed by atoms with van der Waals surface area (Å²) in [4.78, 5) is 22.0. The van der Waals surface area contributed by atoms with Gasteiger partial charge in [0, 0.05) is 25.4 Å². The lowest BCUT2D eigenvalue weighted by Gasteiger charge is -2.21. The van der Waals surface area contributed by atoms with Crippen LogP contribution < -0.4 is 0 Å². The van der Waals surface area contributed by atoms with Crippen LogP contribution >= 0.6 is 23.5 Å². The van der Waals surface area contributed by atoms with Gasteiger partial charge in [0.05, 0.1) is 17.4 Å². The van der Waals surface area contributed by atoms with Gasteiger partial charge in [0.1, 0.15) is 5.03 Å². The Balaban J connectivity index is 0.000000291. The van der Waals surface area contributed by atoms with Crippen LogP contribution in [0.2, 0.25) is 0 Å². The zero-order chi connectivity index (χ0) is 23.2. The highest BCUT2D eigenvalue weighted by Crippen LogP contribution is 2.41. The van der Waals surface area contributed by atoms with Crippen molar-refractivity contribution in [1.82, 2.24) is 13.6 Å². The first-order chi connectivity index (χ1) is 14.5. The fraction of sp³-hybridized carbons (Fsp3) is 0.765. The highest BCUT2D eigenvalue weighted by Gasteiger charge is 2.39. The molecule has 2 fully saturated rings. The number of thioether (sulfide) groups is 1. The molecule has 2 bridgehead atoms. The second-order valence-electron chi connectivity index (χ2n) is 7.36. The van der Waals surface area contributed by atoms with Gasteiger partial charge >= 0.3 is 18.1 Å². The highest BCUT2D eigenvalue weighted by molar-refractivity contribution is 7.99. The Morgan fingerprint density at radius 2 is 1.81 bits per heavy atom. The average Bonchev–Trinajstić information content (AvgIpc) is 3.26. The Hall–Kier alpha value is -1.48. The van der Waals surface area contributed by atoms with E-state index in [0.29, 0.717) is 17.6 Å². The van der Waals surface area contributed by atoms with Gasteiger partial charge in [0.2, 0.25) is 0 Å². The Labute approximate surface area is 184 Å². The molecule has 4 N–H and O–H groups in total. The molecule has 0 radical (unpaired) electrons. The number of alkyl halides is 3. The zero-order valence-electron chi connectivity index (χ0n) is 16.4. The first-order valence-electron chi connectivity index (χ1n) is 9.55. The lowest BCUT2D eigenvalue weighted by atomic mass is 9.89. The third kappa shape index (κ3) is 7.86. The zero-order valence-corrected chi connectivity index (χ0v) is 18.0. The number of aliphatic hydroxyl groups is 2. The predicted molar refractivity (Wildman–Crippen MR) is 105 cm³/mol. The number of hydrogen-bond donors (Lipinski definition) is 4. The van der Waals surface area contributed by atoms with Crippen molar-refractivity contribution in [2.75, 3.05) is 25.4 Å². The van der Waals surface area contributed by atoms with Gasteiger partial charge in [-0.3, -0.25) is 0 Å². The number of halogens is 3. The second-order valence-corrected chi connectivity index (χ2v) is 8.97. The number of aliphatic hydroxyl groups excluding tert-OH is 2. The maximum absolute atomic E-state index is 12.2. The Morgan fingerprint density at radius 3 is 2.35 bits per heavy atom. The third-order valence-corrected chi connectivity index (χ3v) is 6.77. The van der Waals surface area contributed by atoms with E-state index in [-0.39, 0.29) is 6.42 Å². The first-order valence-corrected chi connectivity index (χ1v) is 11.3. The molecule has 1 unspecified atom stereocenters. The minimum absolute atomic E-state index is 0.144. The number of aromatic nitrogens is 2. The van der Waals surface area contributed by atoms with E-state index >= 15 is 0 Å². The molecule has 31 heavy (non-hydrogen) atoms. The van der Waals surface area contributed by atoms with Gasteiger partial charge < -0.3 is 25.3 Å².